The first-order chi connectivity index (χ1) is 10.3. The first-order valence-corrected chi connectivity index (χ1v) is 8.84. The van der Waals surface area contributed by atoms with Crippen LogP contribution in [0.1, 0.15) is 58.3 Å². The molecule has 116 valence electrons. The number of benzene rings is 1. The van der Waals surface area contributed by atoms with Crippen LogP contribution in [-0.4, -0.2) is 12.6 Å². The molecule has 3 unspecified atom stereocenters. The predicted molar refractivity (Wildman–Crippen MR) is 88.9 cm³/mol. The van der Waals surface area contributed by atoms with Crippen LogP contribution in [0.4, 0.5) is 5.69 Å². The fourth-order valence-corrected chi connectivity index (χ4v) is 4.14. The SMILES string of the molecule is CCCOc1cccc(NC2CCC3CCCCC3C2)c1. The number of hydrogen-bond acceptors (Lipinski definition) is 2. The molecule has 2 aliphatic carbocycles. The zero-order valence-corrected chi connectivity index (χ0v) is 13.3. The van der Waals surface area contributed by atoms with E-state index in [2.05, 4.69) is 36.5 Å². The number of ether oxygens (including phenoxy) is 1. The van der Waals surface area contributed by atoms with Crippen LogP contribution in [0.15, 0.2) is 24.3 Å². The van der Waals surface area contributed by atoms with Gasteiger partial charge in [0.2, 0.25) is 0 Å². The van der Waals surface area contributed by atoms with Gasteiger partial charge in [-0.05, 0) is 49.7 Å². The van der Waals surface area contributed by atoms with Gasteiger partial charge in [0.25, 0.3) is 0 Å². The molecule has 2 fully saturated rings. The van der Waals surface area contributed by atoms with Gasteiger partial charge in [0.15, 0.2) is 0 Å². The van der Waals surface area contributed by atoms with Crippen molar-refractivity contribution in [2.24, 2.45) is 11.8 Å². The van der Waals surface area contributed by atoms with Crippen LogP contribution >= 0.6 is 0 Å². The normalized spacial score (nSPS) is 28.7. The average molecular weight is 287 g/mol. The van der Waals surface area contributed by atoms with E-state index >= 15 is 0 Å². The van der Waals surface area contributed by atoms with E-state index in [4.69, 9.17) is 4.74 Å². The van der Waals surface area contributed by atoms with Crippen molar-refractivity contribution in [2.75, 3.05) is 11.9 Å². The molecule has 3 atom stereocenters. The second kappa shape index (κ2) is 7.20. The maximum absolute atomic E-state index is 5.73. The topological polar surface area (TPSA) is 21.3 Å². The van der Waals surface area contributed by atoms with Crippen LogP contribution in [0.2, 0.25) is 0 Å². The van der Waals surface area contributed by atoms with Gasteiger partial charge < -0.3 is 10.1 Å². The highest BCUT2D eigenvalue weighted by Gasteiger charge is 2.31. The standard InChI is InChI=1S/C19H29NO/c1-2-12-21-19-9-5-8-17(14-19)20-18-11-10-15-6-3-4-7-16(15)13-18/h5,8-9,14-16,18,20H,2-4,6-7,10-13H2,1H3. The van der Waals surface area contributed by atoms with Crippen LogP contribution in [0, 0.1) is 11.8 Å². The Kier molecular flexibility index (Phi) is 5.05. The third-order valence-electron chi connectivity index (χ3n) is 5.22. The fourth-order valence-electron chi connectivity index (χ4n) is 4.14. The molecular weight excluding hydrogens is 258 g/mol. The molecule has 2 heteroatoms. The Morgan fingerprint density at radius 1 is 1.10 bits per heavy atom. The molecule has 1 aromatic carbocycles. The van der Waals surface area contributed by atoms with Crippen molar-refractivity contribution in [2.45, 2.75) is 64.3 Å². The second-order valence-electron chi connectivity index (χ2n) is 6.84. The minimum absolute atomic E-state index is 0.658. The van der Waals surface area contributed by atoms with E-state index in [0.29, 0.717) is 6.04 Å². The summed E-state index contributed by atoms with van der Waals surface area (Å²) in [7, 11) is 0. The summed E-state index contributed by atoms with van der Waals surface area (Å²) in [5.74, 6) is 2.99. The van der Waals surface area contributed by atoms with Gasteiger partial charge in [-0.3, -0.25) is 0 Å². The van der Waals surface area contributed by atoms with E-state index in [1.54, 1.807) is 0 Å². The average Bonchev–Trinajstić information content (AvgIpc) is 2.53. The lowest BCUT2D eigenvalue weighted by molar-refractivity contribution is 0.162. The predicted octanol–water partition coefficient (Wildman–Crippen LogP) is 5.25. The highest BCUT2D eigenvalue weighted by atomic mass is 16.5. The maximum atomic E-state index is 5.73. The van der Waals surface area contributed by atoms with Crippen LogP contribution in [0.3, 0.4) is 0 Å². The molecule has 1 aromatic rings. The smallest absolute Gasteiger partial charge is 0.121 e. The molecular formula is C19H29NO. The number of hydrogen-bond donors (Lipinski definition) is 1. The van der Waals surface area contributed by atoms with Crippen molar-refractivity contribution in [3.8, 4) is 5.75 Å². The van der Waals surface area contributed by atoms with Gasteiger partial charge in [-0.15, -0.1) is 0 Å². The minimum atomic E-state index is 0.658. The molecule has 2 nitrogen and oxygen atoms in total. The van der Waals surface area contributed by atoms with Gasteiger partial charge in [0, 0.05) is 17.8 Å². The lowest BCUT2D eigenvalue weighted by Crippen LogP contribution is -2.34. The number of rotatable bonds is 5. The summed E-state index contributed by atoms with van der Waals surface area (Å²) in [5.41, 5.74) is 1.22. The minimum Gasteiger partial charge on any atom is -0.494 e. The van der Waals surface area contributed by atoms with Crippen molar-refractivity contribution in [1.82, 2.24) is 0 Å². The first kappa shape index (κ1) is 14.7. The third-order valence-corrected chi connectivity index (χ3v) is 5.22. The van der Waals surface area contributed by atoms with E-state index in [1.165, 1.54) is 50.6 Å². The molecule has 0 saturated heterocycles. The van der Waals surface area contributed by atoms with Gasteiger partial charge in [0.05, 0.1) is 6.61 Å². The van der Waals surface area contributed by atoms with E-state index in [1.807, 2.05) is 0 Å². The molecule has 0 radical (unpaired) electrons. The molecule has 0 aliphatic heterocycles. The largest absolute Gasteiger partial charge is 0.494 e. The summed E-state index contributed by atoms with van der Waals surface area (Å²) in [6.45, 7) is 2.95. The van der Waals surface area contributed by atoms with Gasteiger partial charge in [-0.25, -0.2) is 0 Å². The molecule has 0 bridgehead atoms. The highest BCUT2D eigenvalue weighted by Crippen LogP contribution is 2.41. The molecule has 3 rings (SSSR count). The highest BCUT2D eigenvalue weighted by molar-refractivity contribution is 5.49. The van der Waals surface area contributed by atoms with Crippen LogP contribution in [-0.2, 0) is 0 Å². The maximum Gasteiger partial charge on any atom is 0.121 e. The lowest BCUT2D eigenvalue weighted by atomic mass is 9.69. The Morgan fingerprint density at radius 3 is 2.81 bits per heavy atom. The van der Waals surface area contributed by atoms with Crippen LogP contribution in [0.5, 0.6) is 5.75 Å². The Hall–Kier alpha value is -1.18. The Bertz CT molecular complexity index is 445. The van der Waals surface area contributed by atoms with Crippen molar-refractivity contribution in [3.63, 3.8) is 0 Å². The molecule has 0 spiro atoms. The molecule has 21 heavy (non-hydrogen) atoms. The Labute approximate surface area is 129 Å². The van der Waals surface area contributed by atoms with E-state index in [-0.39, 0.29) is 0 Å². The first-order valence-electron chi connectivity index (χ1n) is 8.84. The zero-order valence-electron chi connectivity index (χ0n) is 13.3. The fraction of sp³-hybridized carbons (Fsp3) is 0.684. The van der Waals surface area contributed by atoms with Gasteiger partial charge in [-0.1, -0.05) is 38.7 Å². The number of nitrogens with one attached hydrogen (secondary N) is 1. The van der Waals surface area contributed by atoms with Gasteiger partial charge in [-0.2, -0.15) is 0 Å². The molecule has 2 saturated carbocycles. The molecule has 1 N–H and O–H groups in total. The van der Waals surface area contributed by atoms with Gasteiger partial charge >= 0.3 is 0 Å². The Balaban J connectivity index is 1.56. The zero-order chi connectivity index (χ0) is 14.5. The summed E-state index contributed by atoms with van der Waals surface area (Å²) in [5, 5.41) is 3.75. The van der Waals surface area contributed by atoms with E-state index in [9.17, 15) is 0 Å². The Morgan fingerprint density at radius 2 is 1.95 bits per heavy atom. The quantitative estimate of drug-likeness (QED) is 0.799. The summed E-state index contributed by atoms with van der Waals surface area (Å²) in [6.07, 6.45) is 11.0. The monoisotopic (exact) mass is 287 g/mol. The van der Waals surface area contributed by atoms with Crippen molar-refractivity contribution in [1.29, 1.82) is 0 Å². The van der Waals surface area contributed by atoms with Crippen molar-refractivity contribution in [3.05, 3.63) is 24.3 Å². The summed E-state index contributed by atoms with van der Waals surface area (Å²) in [4.78, 5) is 0. The molecule has 2 aliphatic rings. The molecule has 0 heterocycles. The van der Waals surface area contributed by atoms with Gasteiger partial charge in [0.1, 0.15) is 5.75 Å². The summed E-state index contributed by atoms with van der Waals surface area (Å²) in [6, 6.07) is 9.14. The number of anilines is 1. The van der Waals surface area contributed by atoms with Crippen LogP contribution < -0.4 is 10.1 Å². The second-order valence-corrected chi connectivity index (χ2v) is 6.84. The summed E-state index contributed by atoms with van der Waals surface area (Å²) >= 11 is 0. The molecule has 0 amide bonds. The summed E-state index contributed by atoms with van der Waals surface area (Å²) < 4.78 is 5.73. The van der Waals surface area contributed by atoms with Crippen molar-refractivity contribution >= 4 is 5.69 Å². The van der Waals surface area contributed by atoms with Crippen LogP contribution in [0.25, 0.3) is 0 Å². The van der Waals surface area contributed by atoms with E-state index in [0.717, 1.165) is 30.6 Å². The van der Waals surface area contributed by atoms with Crippen molar-refractivity contribution < 1.29 is 4.74 Å². The molecule has 0 aromatic heterocycles. The third kappa shape index (κ3) is 3.93. The number of fused-ring (bicyclic) bond motifs is 1. The lowest BCUT2D eigenvalue weighted by Gasteiger charge is -2.39. The van der Waals surface area contributed by atoms with E-state index < -0.39 is 0 Å².